The first-order valence-corrected chi connectivity index (χ1v) is 26.4. The zero-order valence-corrected chi connectivity index (χ0v) is 41.5. The molecule has 0 radical (unpaired) electrons. The minimum atomic E-state index is 0.695. The molecule has 4 heterocycles. The second kappa shape index (κ2) is 18.4. The quantitative estimate of drug-likeness (QED) is 0.145. The maximum absolute atomic E-state index is 5.23. The molecule has 4 nitrogen and oxygen atoms in total. The van der Waals surface area contributed by atoms with E-state index in [1.807, 2.05) is 77.3 Å². The van der Waals surface area contributed by atoms with Gasteiger partial charge in [0.2, 0.25) is 0 Å². The van der Waals surface area contributed by atoms with Gasteiger partial charge in [-0.3, -0.25) is 0 Å². The molecule has 14 aromatic rings. The van der Waals surface area contributed by atoms with E-state index in [0.717, 1.165) is 72.8 Å². The Morgan fingerprint density at radius 2 is 0.595 bits per heavy atom. The number of aromatic nitrogens is 4. The van der Waals surface area contributed by atoms with Crippen LogP contribution in [0.2, 0.25) is 0 Å². The molecular formula is C68H42N4S2. The van der Waals surface area contributed by atoms with Crippen molar-refractivity contribution in [3.05, 3.63) is 255 Å². The molecule has 4 aromatic heterocycles. The molecule has 0 N–H and O–H groups in total. The van der Waals surface area contributed by atoms with Gasteiger partial charge in [-0.1, -0.05) is 200 Å². The van der Waals surface area contributed by atoms with Crippen molar-refractivity contribution in [3.8, 4) is 101 Å². The summed E-state index contributed by atoms with van der Waals surface area (Å²) < 4.78 is 5.14. The van der Waals surface area contributed by atoms with Gasteiger partial charge in [0.1, 0.15) is 0 Å². The van der Waals surface area contributed by atoms with Gasteiger partial charge in [0.05, 0.1) is 22.8 Å². The lowest BCUT2D eigenvalue weighted by Gasteiger charge is -2.12. The van der Waals surface area contributed by atoms with Gasteiger partial charge in [-0.15, -0.1) is 22.7 Å². The van der Waals surface area contributed by atoms with Crippen LogP contribution in [0, 0.1) is 0 Å². The molecule has 0 spiro atoms. The summed E-state index contributed by atoms with van der Waals surface area (Å²) in [4.78, 5) is 20.5. The molecule has 14 rings (SSSR count). The molecule has 74 heavy (non-hydrogen) atoms. The lowest BCUT2D eigenvalue weighted by molar-refractivity contribution is 1.18. The van der Waals surface area contributed by atoms with Gasteiger partial charge in [-0.25, -0.2) is 19.9 Å². The Balaban J connectivity index is 0.797. The van der Waals surface area contributed by atoms with Gasteiger partial charge in [-0.2, -0.15) is 0 Å². The zero-order valence-electron chi connectivity index (χ0n) is 39.9. The smallest absolute Gasteiger partial charge is 0.160 e. The predicted octanol–water partition coefficient (Wildman–Crippen LogP) is 19.0. The lowest BCUT2D eigenvalue weighted by atomic mass is 9.97. The van der Waals surface area contributed by atoms with Crippen LogP contribution in [0.4, 0.5) is 0 Å². The summed E-state index contributed by atoms with van der Waals surface area (Å²) >= 11 is 3.69. The van der Waals surface area contributed by atoms with Gasteiger partial charge in [0.15, 0.2) is 11.6 Å². The number of benzene rings is 10. The van der Waals surface area contributed by atoms with Crippen LogP contribution in [0.25, 0.3) is 142 Å². The normalized spacial score (nSPS) is 11.5. The first-order valence-electron chi connectivity index (χ1n) is 24.8. The highest BCUT2D eigenvalue weighted by atomic mass is 32.1. The standard InChI is InChI=1S/C68H42N4S2/c1-4-15-44(16-5-1)59-41-60(70-67(69-59)46-17-6-2-7-18-46)45-31-29-43(30-32-45)54-26-14-27-56-58-40-51(34-36-65(58)74-66(54)56)49-22-13-24-53(38-49)62-42-61(71-68(72-62)47-19-8-3-9-20-47)52-23-12-21-48(37-52)50-33-35-64-57(39-50)55-25-10-11-28-63(55)73-64/h1-42H. The Hall–Kier alpha value is -9.20. The maximum atomic E-state index is 5.23. The van der Waals surface area contributed by atoms with Crippen LogP contribution < -0.4 is 0 Å². The lowest BCUT2D eigenvalue weighted by Crippen LogP contribution is -1.96. The topological polar surface area (TPSA) is 51.6 Å². The van der Waals surface area contributed by atoms with E-state index in [2.05, 4.69) is 200 Å². The molecule has 6 heteroatoms. The molecule has 0 unspecified atom stereocenters. The van der Waals surface area contributed by atoms with Crippen molar-refractivity contribution < 1.29 is 0 Å². The molecule has 0 saturated heterocycles. The van der Waals surface area contributed by atoms with Gasteiger partial charge in [0, 0.05) is 73.7 Å². The third kappa shape index (κ3) is 8.13. The summed E-state index contributed by atoms with van der Waals surface area (Å²) in [5.74, 6) is 1.41. The second-order valence-electron chi connectivity index (χ2n) is 18.6. The SMILES string of the molecule is c1ccc(-c2cc(-c3ccc(-c4cccc5c4sc4ccc(-c6cccc(-c7cc(-c8cccc(-c9ccc%10sc%11ccccc%11c%10c9)c8)nc(-c8ccccc8)n7)c6)cc45)cc3)nc(-c3ccccc3)n2)cc1. The fourth-order valence-corrected chi connectivity index (χ4v) is 12.5. The third-order valence-electron chi connectivity index (χ3n) is 13.9. The van der Waals surface area contributed by atoms with Crippen LogP contribution in [-0.4, -0.2) is 19.9 Å². The van der Waals surface area contributed by atoms with Crippen LogP contribution in [-0.2, 0) is 0 Å². The summed E-state index contributed by atoms with van der Waals surface area (Å²) in [5, 5.41) is 5.08. The zero-order chi connectivity index (χ0) is 49.0. The van der Waals surface area contributed by atoms with Crippen LogP contribution in [0.15, 0.2) is 255 Å². The molecule has 0 amide bonds. The Bertz CT molecular complexity index is 4350. The van der Waals surface area contributed by atoms with Crippen molar-refractivity contribution >= 4 is 63.0 Å². The third-order valence-corrected chi connectivity index (χ3v) is 16.3. The summed E-state index contributed by atoms with van der Waals surface area (Å²) in [5.41, 5.74) is 16.7. The summed E-state index contributed by atoms with van der Waals surface area (Å²) in [6, 6.07) is 90.5. The fourth-order valence-electron chi connectivity index (χ4n) is 10.2. The highest BCUT2D eigenvalue weighted by molar-refractivity contribution is 7.26. The van der Waals surface area contributed by atoms with E-state index >= 15 is 0 Å². The molecule has 346 valence electrons. The Kier molecular flexibility index (Phi) is 10.9. The Morgan fingerprint density at radius 3 is 1.18 bits per heavy atom. The highest BCUT2D eigenvalue weighted by Gasteiger charge is 2.17. The highest BCUT2D eigenvalue weighted by Crippen LogP contribution is 2.43. The van der Waals surface area contributed by atoms with E-state index in [-0.39, 0.29) is 0 Å². The van der Waals surface area contributed by atoms with E-state index in [0.29, 0.717) is 11.6 Å². The number of fused-ring (bicyclic) bond motifs is 6. The van der Waals surface area contributed by atoms with Crippen LogP contribution in [0.3, 0.4) is 0 Å². The predicted molar refractivity (Wildman–Crippen MR) is 312 cm³/mol. The molecule has 10 aromatic carbocycles. The first-order chi connectivity index (χ1) is 36.6. The molecule has 0 fully saturated rings. The van der Waals surface area contributed by atoms with E-state index in [9.17, 15) is 0 Å². The van der Waals surface area contributed by atoms with Crippen LogP contribution >= 0.6 is 22.7 Å². The first kappa shape index (κ1) is 43.6. The largest absolute Gasteiger partial charge is 0.228 e. The van der Waals surface area contributed by atoms with Gasteiger partial charge < -0.3 is 0 Å². The number of hydrogen-bond donors (Lipinski definition) is 0. The molecule has 0 atom stereocenters. The molecule has 0 saturated carbocycles. The number of hydrogen-bond acceptors (Lipinski definition) is 6. The number of rotatable bonds is 9. The molecular weight excluding hydrogens is 937 g/mol. The van der Waals surface area contributed by atoms with E-state index in [4.69, 9.17) is 19.9 Å². The second-order valence-corrected chi connectivity index (χ2v) is 20.7. The van der Waals surface area contributed by atoms with Gasteiger partial charge in [-0.05, 0) is 88.0 Å². The minimum Gasteiger partial charge on any atom is -0.228 e. The van der Waals surface area contributed by atoms with Crippen molar-refractivity contribution in [1.82, 2.24) is 19.9 Å². The van der Waals surface area contributed by atoms with Gasteiger partial charge >= 0.3 is 0 Å². The van der Waals surface area contributed by atoms with E-state index in [1.54, 1.807) is 0 Å². The minimum absolute atomic E-state index is 0.695. The molecule has 0 aliphatic heterocycles. The monoisotopic (exact) mass is 978 g/mol. The average molecular weight is 979 g/mol. The molecule has 0 aliphatic rings. The number of nitrogens with zero attached hydrogens (tertiary/aromatic N) is 4. The van der Waals surface area contributed by atoms with Crippen molar-refractivity contribution in [2.45, 2.75) is 0 Å². The molecule has 0 aliphatic carbocycles. The van der Waals surface area contributed by atoms with Crippen molar-refractivity contribution in [2.24, 2.45) is 0 Å². The van der Waals surface area contributed by atoms with E-state index in [1.165, 1.54) is 57.0 Å². The average Bonchev–Trinajstić information content (AvgIpc) is 4.06. The van der Waals surface area contributed by atoms with Crippen LogP contribution in [0.5, 0.6) is 0 Å². The summed E-state index contributed by atoms with van der Waals surface area (Å²) in [6.45, 7) is 0. The van der Waals surface area contributed by atoms with Crippen molar-refractivity contribution in [3.63, 3.8) is 0 Å². The van der Waals surface area contributed by atoms with Gasteiger partial charge in [0.25, 0.3) is 0 Å². The summed E-state index contributed by atoms with van der Waals surface area (Å²) in [7, 11) is 0. The maximum Gasteiger partial charge on any atom is 0.160 e. The van der Waals surface area contributed by atoms with E-state index < -0.39 is 0 Å². The Labute approximate surface area is 436 Å². The number of thiophene rings is 2. The van der Waals surface area contributed by atoms with Crippen LogP contribution in [0.1, 0.15) is 0 Å². The summed E-state index contributed by atoms with van der Waals surface area (Å²) in [6.07, 6.45) is 0. The van der Waals surface area contributed by atoms with Crippen molar-refractivity contribution in [1.29, 1.82) is 0 Å². The van der Waals surface area contributed by atoms with Crippen molar-refractivity contribution in [2.75, 3.05) is 0 Å². The Morgan fingerprint density at radius 1 is 0.216 bits per heavy atom. The molecule has 0 bridgehead atoms. The fraction of sp³-hybridized carbons (Fsp3) is 0.